The Balaban J connectivity index is 1.71. The Labute approximate surface area is 160 Å². The van der Waals surface area contributed by atoms with E-state index in [1.165, 1.54) is 0 Å². The van der Waals surface area contributed by atoms with Crippen LogP contribution >= 0.6 is 0 Å². The number of nitrogens with one attached hydrogen (secondary N) is 2. The predicted octanol–water partition coefficient (Wildman–Crippen LogP) is 2.18. The minimum atomic E-state index is -0.643. The summed E-state index contributed by atoms with van der Waals surface area (Å²) in [6, 6.07) is 5.39. The molecule has 146 valence electrons. The smallest absolute Gasteiger partial charge is 0.317 e. The molecule has 0 bridgehead atoms. The van der Waals surface area contributed by atoms with Crippen molar-refractivity contribution in [2.75, 3.05) is 31.5 Å². The van der Waals surface area contributed by atoms with Gasteiger partial charge in [-0.1, -0.05) is 0 Å². The van der Waals surface area contributed by atoms with Crippen LogP contribution in [0.2, 0.25) is 0 Å². The van der Waals surface area contributed by atoms with Crippen LogP contribution in [0.25, 0.3) is 0 Å². The van der Waals surface area contributed by atoms with Crippen molar-refractivity contribution >= 4 is 23.5 Å². The quantitative estimate of drug-likeness (QED) is 0.835. The highest BCUT2D eigenvalue weighted by Gasteiger charge is 2.38. The lowest BCUT2D eigenvalue weighted by Gasteiger charge is -2.24. The van der Waals surface area contributed by atoms with E-state index in [-0.39, 0.29) is 23.9 Å². The molecule has 0 saturated carbocycles. The first-order valence-corrected chi connectivity index (χ1v) is 9.51. The predicted molar refractivity (Wildman–Crippen MR) is 104 cm³/mol. The van der Waals surface area contributed by atoms with E-state index in [0.29, 0.717) is 31.7 Å². The van der Waals surface area contributed by atoms with Gasteiger partial charge in [0, 0.05) is 43.5 Å². The van der Waals surface area contributed by atoms with Gasteiger partial charge in [-0.2, -0.15) is 0 Å². The largest absolute Gasteiger partial charge is 0.337 e. The van der Waals surface area contributed by atoms with Gasteiger partial charge in [0.05, 0.1) is 5.41 Å². The number of rotatable bonds is 2. The summed E-state index contributed by atoms with van der Waals surface area (Å²) in [5.74, 6) is -0.109. The summed E-state index contributed by atoms with van der Waals surface area (Å²) in [7, 11) is 0. The lowest BCUT2D eigenvalue weighted by atomic mass is 9.85. The first kappa shape index (κ1) is 19.2. The van der Waals surface area contributed by atoms with Gasteiger partial charge in [0.15, 0.2) is 0 Å². The monoisotopic (exact) mass is 372 g/mol. The summed E-state index contributed by atoms with van der Waals surface area (Å²) < 4.78 is 0. The van der Waals surface area contributed by atoms with Crippen molar-refractivity contribution in [1.29, 1.82) is 0 Å². The molecule has 2 aliphatic heterocycles. The zero-order chi connectivity index (χ0) is 19.8. The van der Waals surface area contributed by atoms with Crippen molar-refractivity contribution in [3.8, 4) is 0 Å². The molecule has 2 N–H and O–H groups in total. The standard InChI is InChI=1S/C20H28N4O3/c1-13(2)21-19(27)24-9-5-8-23(10-11-24)17(25)14-6-7-16-15(12-14)20(3,4)18(26)22-16/h6-7,12-13H,5,8-11H2,1-4H3,(H,21,27)(H,22,26). The van der Waals surface area contributed by atoms with Crippen molar-refractivity contribution in [3.63, 3.8) is 0 Å². The molecule has 4 amide bonds. The molecule has 0 radical (unpaired) electrons. The average Bonchev–Trinajstić information content (AvgIpc) is 2.78. The molecule has 0 unspecified atom stereocenters. The molecule has 2 heterocycles. The molecular weight excluding hydrogens is 344 g/mol. The van der Waals surface area contributed by atoms with Crippen molar-refractivity contribution in [2.24, 2.45) is 0 Å². The van der Waals surface area contributed by atoms with E-state index >= 15 is 0 Å². The summed E-state index contributed by atoms with van der Waals surface area (Å²) in [5.41, 5.74) is 1.56. The molecule has 1 saturated heterocycles. The first-order valence-electron chi connectivity index (χ1n) is 9.51. The number of fused-ring (bicyclic) bond motifs is 1. The van der Waals surface area contributed by atoms with E-state index in [0.717, 1.165) is 17.7 Å². The highest BCUT2D eigenvalue weighted by Crippen LogP contribution is 2.37. The Morgan fingerprint density at radius 2 is 1.78 bits per heavy atom. The lowest BCUT2D eigenvalue weighted by Crippen LogP contribution is -2.44. The fourth-order valence-corrected chi connectivity index (χ4v) is 3.55. The van der Waals surface area contributed by atoms with Crippen molar-refractivity contribution < 1.29 is 14.4 Å². The van der Waals surface area contributed by atoms with E-state index in [1.807, 2.05) is 33.8 Å². The third-order valence-electron chi connectivity index (χ3n) is 5.24. The highest BCUT2D eigenvalue weighted by atomic mass is 16.2. The number of carbonyl (C=O) groups excluding carboxylic acids is 3. The Hall–Kier alpha value is -2.57. The van der Waals surface area contributed by atoms with E-state index in [2.05, 4.69) is 10.6 Å². The highest BCUT2D eigenvalue weighted by molar-refractivity contribution is 6.07. The molecule has 0 atom stereocenters. The summed E-state index contributed by atoms with van der Waals surface area (Å²) in [6.45, 7) is 9.85. The first-order chi connectivity index (χ1) is 12.7. The molecule has 1 aromatic rings. The lowest BCUT2D eigenvalue weighted by molar-refractivity contribution is -0.119. The van der Waals surface area contributed by atoms with Crippen LogP contribution < -0.4 is 10.6 Å². The number of amides is 4. The van der Waals surface area contributed by atoms with Crippen LogP contribution in [0.1, 0.15) is 50.0 Å². The minimum Gasteiger partial charge on any atom is -0.337 e. The second kappa shape index (κ2) is 7.21. The van der Waals surface area contributed by atoms with Crippen LogP contribution in [0.5, 0.6) is 0 Å². The third-order valence-corrected chi connectivity index (χ3v) is 5.24. The van der Waals surface area contributed by atoms with Crippen LogP contribution in [0.15, 0.2) is 18.2 Å². The molecule has 0 aromatic heterocycles. The number of benzene rings is 1. The van der Waals surface area contributed by atoms with Gasteiger partial charge in [-0.05, 0) is 57.9 Å². The van der Waals surface area contributed by atoms with E-state index < -0.39 is 5.41 Å². The maximum Gasteiger partial charge on any atom is 0.317 e. The van der Waals surface area contributed by atoms with Crippen molar-refractivity contribution in [1.82, 2.24) is 15.1 Å². The minimum absolute atomic E-state index is 0.0521. The number of hydrogen-bond donors (Lipinski definition) is 2. The van der Waals surface area contributed by atoms with Gasteiger partial charge in [0.2, 0.25) is 5.91 Å². The second-order valence-electron chi connectivity index (χ2n) is 8.08. The second-order valence-corrected chi connectivity index (χ2v) is 8.08. The van der Waals surface area contributed by atoms with E-state index in [9.17, 15) is 14.4 Å². The topological polar surface area (TPSA) is 81.8 Å². The van der Waals surface area contributed by atoms with Gasteiger partial charge in [0.1, 0.15) is 0 Å². The number of nitrogens with zero attached hydrogens (tertiary/aromatic N) is 2. The number of hydrogen-bond acceptors (Lipinski definition) is 3. The third kappa shape index (κ3) is 3.77. The van der Waals surface area contributed by atoms with Crippen LogP contribution in [0.3, 0.4) is 0 Å². The molecule has 1 aromatic carbocycles. The molecule has 27 heavy (non-hydrogen) atoms. The van der Waals surface area contributed by atoms with E-state index in [1.54, 1.807) is 21.9 Å². The summed E-state index contributed by atoms with van der Waals surface area (Å²) >= 11 is 0. The SMILES string of the molecule is CC(C)NC(=O)N1CCCN(C(=O)c2ccc3c(c2)C(C)(C)C(=O)N3)CC1. The Kier molecular flexibility index (Phi) is 5.13. The van der Waals surface area contributed by atoms with E-state index in [4.69, 9.17) is 0 Å². The van der Waals surface area contributed by atoms with Gasteiger partial charge in [-0.25, -0.2) is 4.79 Å². The maximum atomic E-state index is 13.0. The normalized spacial score (nSPS) is 18.8. The zero-order valence-corrected chi connectivity index (χ0v) is 16.5. The van der Waals surface area contributed by atoms with Gasteiger partial charge in [-0.3, -0.25) is 9.59 Å². The fraction of sp³-hybridized carbons (Fsp3) is 0.550. The van der Waals surface area contributed by atoms with Crippen molar-refractivity contribution in [2.45, 2.75) is 45.6 Å². The van der Waals surface area contributed by atoms with Crippen LogP contribution in [-0.4, -0.2) is 59.9 Å². The molecule has 7 nitrogen and oxygen atoms in total. The Bertz CT molecular complexity index is 772. The number of carbonyl (C=O) groups is 3. The van der Waals surface area contributed by atoms with Crippen LogP contribution in [-0.2, 0) is 10.2 Å². The summed E-state index contributed by atoms with van der Waals surface area (Å²) in [4.78, 5) is 40.9. The van der Waals surface area contributed by atoms with Gasteiger partial charge in [-0.15, -0.1) is 0 Å². The molecule has 7 heteroatoms. The van der Waals surface area contributed by atoms with Crippen molar-refractivity contribution in [3.05, 3.63) is 29.3 Å². The summed E-state index contributed by atoms with van der Waals surface area (Å²) in [6.07, 6.45) is 0.744. The molecule has 1 fully saturated rings. The zero-order valence-electron chi connectivity index (χ0n) is 16.5. The summed E-state index contributed by atoms with van der Waals surface area (Å²) in [5, 5.41) is 5.76. The Morgan fingerprint density at radius 3 is 2.48 bits per heavy atom. The molecule has 0 spiro atoms. The molecule has 2 aliphatic rings. The maximum absolute atomic E-state index is 13.0. The number of anilines is 1. The molecular formula is C20H28N4O3. The van der Waals surface area contributed by atoms with Crippen LogP contribution in [0.4, 0.5) is 10.5 Å². The van der Waals surface area contributed by atoms with Gasteiger partial charge >= 0.3 is 6.03 Å². The van der Waals surface area contributed by atoms with Crippen LogP contribution in [0, 0.1) is 0 Å². The van der Waals surface area contributed by atoms with Gasteiger partial charge < -0.3 is 20.4 Å². The fourth-order valence-electron chi connectivity index (χ4n) is 3.55. The molecule has 3 rings (SSSR count). The number of urea groups is 1. The Morgan fingerprint density at radius 1 is 1.11 bits per heavy atom. The average molecular weight is 372 g/mol. The van der Waals surface area contributed by atoms with Gasteiger partial charge in [0.25, 0.3) is 5.91 Å². The molecule has 0 aliphatic carbocycles.